The first-order chi connectivity index (χ1) is 8.66. The minimum absolute atomic E-state index is 0.452. The highest BCUT2D eigenvalue weighted by Gasteiger charge is 2.27. The van der Waals surface area contributed by atoms with Gasteiger partial charge in [0.15, 0.2) is 0 Å². The molecule has 2 heteroatoms. The predicted octanol–water partition coefficient (Wildman–Crippen LogP) is 3.63. The van der Waals surface area contributed by atoms with Gasteiger partial charge >= 0.3 is 0 Å². The summed E-state index contributed by atoms with van der Waals surface area (Å²) in [6.07, 6.45) is 14.1. The van der Waals surface area contributed by atoms with E-state index in [2.05, 4.69) is 5.32 Å². The number of nitrogens with one attached hydrogen (secondary N) is 1. The van der Waals surface area contributed by atoms with E-state index in [1.165, 1.54) is 57.8 Å². The number of hydrogen-bond acceptors (Lipinski definition) is 2. The number of rotatable bonds is 5. The second-order valence-corrected chi connectivity index (χ2v) is 6.89. The first-order valence-electron chi connectivity index (χ1n) is 8.11. The summed E-state index contributed by atoms with van der Waals surface area (Å²) in [6.45, 7) is 3.19. The van der Waals surface area contributed by atoms with Crippen LogP contribution in [-0.4, -0.2) is 23.3 Å². The molecule has 1 saturated heterocycles. The van der Waals surface area contributed by atoms with Crippen molar-refractivity contribution in [1.82, 2.24) is 5.32 Å². The molecule has 1 saturated carbocycles. The van der Waals surface area contributed by atoms with Gasteiger partial charge in [0.05, 0.1) is 5.60 Å². The molecule has 2 aliphatic rings. The van der Waals surface area contributed by atoms with Crippen LogP contribution in [0.3, 0.4) is 0 Å². The molecule has 2 fully saturated rings. The zero-order valence-corrected chi connectivity index (χ0v) is 12.1. The lowest BCUT2D eigenvalue weighted by Gasteiger charge is -2.33. The van der Waals surface area contributed by atoms with Crippen molar-refractivity contribution in [2.24, 2.45) is 5.92 Å². The number of hydrogen-bond donors (Lipinski definition) is 2. The van der Waals surface area contributed by atoms with Crippen LogP contribution in [0.15, 0.2) is 0 Å². The Kier molecular flexibility index (Phi) is 5.50. The summed E-state index contributed by atoms with van der Waals surface area (Å²) in [5.74, 6) is 0.893. The molecule has 0 aromatic rings. The third kappa shape index (κ3) is 4.89. The summed E-state index contributed by atoms with van der Waals surface area (Å²) in [6, 6.07) is 0.556. The average Bonchev–Trinajstić information content (AvgIpc) is 2.38. The highest BCUT2D eigenvalue weighted by atomic mass is 16.3. The van der Waals surface area contributed by atoms with E-state index in [-0.39, 0.29) is 0 Å². The average molecular weight is 253 g/mol. The molecular formula is C16H31NO. The quantitative estimate of drug-likeness (QED) is 0.784. The lowest BCUT2D eigenvalue weighted by molar-refractivity contribution is 0.0210. The maximum Gasteiger partial charge on any atom is 0.0634 e. The minimum atomic E-state index is -0.452. The lowest BCUT2D eigenvalue weighted by atomic mass is 9.81. The Morgan fingerprint density at radius 1 is 1.06 bits per heavy atom. The van der Waals surface area contributed by atoms with Crippen LogP contribution < -0.4 is 5.32 Å². The van der Waals surface area contributed by atoms with Crippen LogP contribution in [0, 0.1) is 5.92 Å². The molecule has 0 aromatic heterocycles. The predicted molar refractivity (Wildman–Crippen MR) is 76.7 cm³/mol. The van der Waals surface area contributed by atoms with E-state index in [9.17, 15) is 5.11 Å². The summed E-state index contributed by atoms with van der Waals surface area (Å²) in [4.78, 5) is 0. The van der Waals surface area contributed by atoms with Crippen LogP contribution in [0.5, 0.6) is 0 Å². The molecule has 1 aliphatic heterocycles. The van der Waals surface area contributed by atoms with Crippen LogP contribution in [0.4, 0.5) is 0 Å². The summed E-state index contributed by atoms with van der Waals surface area (Å²) >= 11 is 0. The molecule has 1 aliphatic carbocycles. The molecule has 2 rings (SSSR count). The topological polar surface area (TPSA) is 32.3 Å². The van der Waals surface area contributed by atoms with Gasteiger partial charge in [-0.2, -0.15) is 0 Å². The number of piperidine rings is 1. The zero-order chi connectivity index (χ0) is 12.8. The van der Waals surface area contributed by atoms with Crippen LogP contribution in [0.1, 0.15) is 77.6 Å². The number of aliphatic hydroxyl groups is 1. The van der Waals surface area contributed by atoms with E-state index >= 15 is 0 Å². The highest BCUT2D eigenvalue weighted by Crippen LogP contribution is 2.31. The molecule has 2 nitrogen and oxygen atoms in total. The van der Waals surface area contributed by atoms with Crippen molar-refractivity contribution >= 4 is 0 Å². The van der Waals surface area contributed by atoms with E-state index in [0.29, 0.717) is 6.04 Å². The fourth-order valence-corrected chi connectivity index (χ4v) is 3.72. The van der Waals surface area contributed by atoms with Gasteiger partial charge in [0.2, 0.25) is 0 Å². The van der Waals surface area contributed by atoms with Crippen molar-refractivity contribution in [2.75, 3.05) is 6.54 Å². The van der Waals surface area contributed by atoms with Crippen LogP contribution in [0.2, 0.25) is 0 Å². The molecule has 0 bridgehead atoms. The normalized spacial score (nSPS) is 30.0. The zero-order valence-electron chi connectivity index (χ0n) is 12.1. The van der Waals surface area contributed by atoms with Crippen LogP contribution >= 0.6 is 0 Å². The molecular weight excluding hydrogens is 222 g/mol. The van der Waals surface area contributed by atoms with Gasteiger partial charge in [-0.05, 0) is 51.5 Å². The summed E-state index contributed by atoms with van der Waals surface area (Å²) < 4.78 is 0. The van der Waals surface area contributed by atoms with Crippen molar-refractivity contribution in [3.8, 4) is 0 Å². The van der Waals surface area contributed by atoms with Gasteiger partial charge in [0.25, 0.3) is 0 Å². The summed E-state index contributed by atoms with van der Waals surface area (Å²) in [5.41, 5.74) is -0.452. The van der Waals surface area contributed by atoms with Gasteiger partial charge in [0, 0.05) is 6.04 Å². The second kappa shape index (κ2) is 6.91. The molecule has 18 heavy (non-hydrogen) atoms. The summed E-state index contributed by atoms with van der Waals surface area (Å²) in [7, 11) is 0. The Bertz CT molecular complexity index is 227. The molecule has 0 aromatic carbocycles. The van der Waals surface area contributed by atoms with Gasteiger partial charge in [-0.1, -0.05) is 38.5 Å². The smallest absolute Gasteiger partial charge is 0.0634 e. The van der Waals surface area contributed by atoms with Crippen molar-refractivity contribution in [2.45, 2.75) is 89.2 Å². The van der Waals surface area contributed by atoms with E-state index in [1.807, 2.05) is 6.92 Å². The fraction of sp³-hybridized carbons (Fsp3) is 1.00. The molecule has 0 radical (unpaired) electrons. The third-order valence-electron chi connectivity index (χ3n) is 4.91. The SMILES string of the molecule is CC(O)(CCC1CCCCC1)CC1CCCCN1. The fourth-order valence-electron chi connectivity index (χ4n) is 3.72. The van der Waals surface area contributed by atoms with Gasteiger partial charge in [-0.15, -0.1) is 0 Å². The molecule has 2 unspecified atom stereocenters. The monoisotopic (exact) mass is 253 g/mol. The molecule has 1 heterocycles. The Balaban J connectivity index is 1.68. The van der Waals surface area contributed by atoms with Crippen molar-refractivity contribution in [3.63, 3.8) is 0 Å². The molecule has 2 atom stereocenters. The third-order valence-corrected chi connectivity index (χ3v) is 4.91. The Labute approximate surface area is 113 Å². The van der Waals surface area contributed by atoms with Crippen LogP contribution in [0.25, 0.3) is 0 Å². The maximum absolute atomic E-state index is 10.6. The molecule has 106 valence electrons. The van der Waals surface area contributed by atoms with Gasteiger partial charge in [-0.25, -0.2) is 0 Å². The van der Waals surface area contributed by atoms with E-state index in [0.717, 1.165) is 25.3 Å². The van der Waals surface area contributed by atoms with Crippen molar-refractivity contribution in [3.05, 3.63) is 0 Å². The first kappa shape index (κ1) is 14.3. The first-order valence-corrected chi connectivity index (χ1v) is 8.11. The van der Waals surface area contributed by atoms with E-state index < -0.39 is 5.60 Å². The van der Waals surface area contributed by atoms with Crippen LogP contribution in [-0.2, 0) is 0 Å². The second-order valence-electron chi connectivity index (χ2n) is 6.89. The maximum atomic E-state index is 10.6. The minimum Gasteiger partial charge on any atom is -0.390 e. The van der Waals surface area contributed by atoms with Crippen molar-refractivity contribution < 1.29 is 5.11 Å². The van der Waals surface area contributed by atoms with Gasteiger partial charge in [-0.3, -0.25) is 0 Å². The molecule has 0 spiro atoms. The Morgan fingerprint density at radius 3 is 2.44 bits per heavy atom. The Morgan fingerprint density at radius 2 is 1.78 bits per heavy atom. The van der Waals surface area contributed by atoms with Crippen molar-refractivity contribution in [1.29, 1.82) is 0 Å². The molecule has 2 N–H and O–H groups in total. The lowest BCUT2D eigenvalue weighted by Crippen LogP contribution is -2.41. The largest absolute Gasteiger partial charge is 0.390 e. The molecule has 0 amide bonds. The highest BCUT2D eigenvalue weighted by molar-refractivity contribution is 4.83. The standard InChI is InChI=1S/C16H31NO/c1-16(18,13-15-9-5-6-12-17-15)11-10-14-7-3-2-4-8-14/h14-15,17-18H,2-13H2,1H3. The van der Waals surface area contributed by atoms with Gasteiger partial charge < -0.3 is 10.4 Å². The van der Waals surface area contributed by atoms with E-state index in [4.69, 9.17) is 0 Å². The summed E-state index contributed by atoms with van der Waals surface area (Å²) in [5, 5.41) is 14.1. The van der Waals surface area contributed by atoms with E-state index in [1.54, 1.807) is 0 Å². The van der Waals surface area contributed by atoms with Gasteiger partial charge in [0.1, 0.15) is 0 Å². The Hall–Kier alpha value is -0.0800.